The van der Waals surface area contributed by atoms with Crippen LogP contribution in [0.15, 0.2) is 24.3 Å². The maximum atomic E-state index is 13.5. The number of carbonyl (C=O) groups is 2. The number of benzene rings is 1. The normalized spacial score (nSPS) is 28.9. The Kier molecular flexibility index (Phi) is 6.32. The second kappa shape index (κ2) is 8.39. The summed E-state index contributed by atoms with van der Waals surface area (Å²) in [7, 11) is 5.14. The van der Waals surface area contributed by atoms with E-state index in [4.69, 9.17) is 21.1 Å². The number of hydrogen-bond acceptors (Lipinski definition) is 5. The minimum absolute atomic E-state index is 0.0614. The molecule has 2 fully saturated rings. The molecule has 1 aromatic rings. The zero-order valence-electron chi connectivity index (χ0n) is 17.0. The number of rotatable bonds is 4. The van der Waals surface area contributed by atoms with Crippen LogP contribution in [0.4, 0.5) is 0 Å². The number of halogens is 1. The molecule has 154 valence electrons. The monoisotopic (exact) mass is 408 g/mol. The smallest absolute Gasteiger partial charge is 0.326 e. The Balaban J connectivity index is 1.94. The molecule has 2 heterocycles. The van der Waals surface area contributed by atoms with Gasteiger partial charge in [-0.1, -0.05) is 23.7 Å². The SMILES string of the molecule is COC(=O)[C@@]1(C)C[C@@H](C(=O)N(C)C2CCOCC2)[C@@H](c2ccc(Cl)cc2)N1C. The lowest BCUT2D eigenvalue weighted by atomic mass is 9.88. The topological polar surface area (TPSA) is 59.1 Å². The van der Waals surface area contributed by atoms with Gasteiger partial charge in [-0.05, 0) is 50.9 Å². The molecule has 7 heteroatoms. The Morgan fingerprint density at radius 1 is 1.25 bits per heavy atom. The predicted octanol–water partition coefficient (Wildman–Crippen LogP) is 2.90. The summed E-state index contributed by atoms with van der Waals surface area (Å²) in [6, 6.07) is 7.45. The molecule has 3 atom stereocenters. The molecular formula is C21H29ClN2O4. The first-order valence-electron chi connectivity index (χ1n) is 9.71. The molecule has 2 aliphatic rings. The van der Waals surface area contributed by atoms with Crippen molar-refractivity contribution >= 4 is 23.5 Å². The van der Waals surface area contributed by atoms with Gasteiger partial charge in [-0.15, -0.1) is 0 Å². The standard InChI is InChI=1S/C21H29ClN2O4/c1-21(20(26)27-4)13-17(19(25)23(2)16-9-11-28-12-10-16)18(24(21)3)14-5-7-15(22)8-6-14/h5-8,16-18H,9-13H2,1-4H3/t17-,18-,21-/m1/s1. The minimum Gasteiger partial charge on any atom is -0.468 e. The third-order valence-electron chi connectivity index (χ3n) is 6.43. The molecule has 0 bridgehead atoms. The van der Waals surface area contributed by atoms with E-state index in [9.17, 15) is 9.59 Å². The largest absolute Gasteiger partial charge is 0.468 e. The summed E-state index contributed by atoms with van der Waals surface area (Å²) < 4.78 is 10.5. The highest BCUT2D eigenvalue weighted by molar-refractivity contribution is 6.30. The molecule has 0 radical (unpaired) electrons. The number of ether oxygens (including phenoxy) is 2. The van der Waals surface area contributed by atoms with Crippen LogP contribution in [0.3, 0.4) is 0 Å². The Labute approximate surface area is 171 Å². The van der Waals surface area contributed by atoms with Gasteiger partial charge in [0, 0.05) is 37.4 Å². The number of carbonyl (C=O) groups excluding carboxylic acids is 2. The minimum atomic E-state index is -0.865. The van der Waals surface area contributed by atoms with Gasteiger partial charge in [0.05, 0.1) is 13.0 Å². The molecule has 0 aromatic heterocycles. The number of esters is 1. The molecule has 0 aliphatic carbocycles. The first kappa shape index (κ1) is 21.1. The van der Waals surface area contributed by atoms with E-state index in [0.717, 1.165) is 18.4 Å². The number of likely N-dealkylation sites (N-methyl/N-ethyl adjacent to an activating group) is 1. The summed E-state index contributed by atoms with van der Waals surface area (Å²) in [5.41, 5.74) is 0.105. The summed E-state index contributed by atoms with van der Waals surface area (Å²) >= 11 is 6.06. The summed E-state index contributed by atoms with van der Waals surface area (Å²) in [5.74, 6) is -0.604. The highest BCUT2D eigenvalue weighted by Crippen LogP contribution is 2.47. The van der Waals surface area contributed by atoms with E-state index in [-0.39, 0.29) is 29.9 Å². The van der Waals surface area contributed by atoms with Crippen molar-refractivity contribution in [3.63, 3.8) is 0 Å². The Morgan fingerprint density at radius 3 is 2.43 bits per heavy atom. The quantitative estimate of drug-likeness (QED) is 0.717. The second-order valence-electron chi connectivity index (χ2n) is 7.98. The van der Waals surface area contributed by atoms with Crippen molar-refractivity contribution in [1.29, 1.82) is 0 Å². The molecular weight excluding hydrogens is 380 g/mol. The van der Waals surface area contributed by atoms with Crippen molar-refractivity contribution in [2.45, 2.75) is 43.8 Å². The molecule has 0 spiro atoms. The molecule has 28 heavy (non-hydrogen) atoms. The van der Waals surface area contributed by atoms with Gasteiger partial charge in [0.15, 0.2) is 0 Å². The van der Waals surface area contributed by atoms with Gasteiger partial charge in [-0.2, -0.15) is 0 Å². The number of methoxy groups -OCH3 is 1. The molecule has 2 saturated heterocycles. The Morgan fingerprint density at radius 2 is 1.86 bits per heavy atom. The molecule has 2 aliphatic heterocycles. The first-order valence-corrected chi connectivity index (χ1v) is 10.1. The van der Waals surface area contributed by atoms with Crippen LogP contribution in [-0.4, -0.2) is 67.7 Å². The van der Waals surface area contributed by atoms with Gasteiger partial charge >= 0.3 is 5.97 Å². The van der Waals surface area contributed by atoms with E-state index in [0.29, 0.717) is 24.7 Å². The van der Waals surface area contributed by atoms with E-state index in [1.165, 1.54) is 7.11 Å². The Hall–Kier alpha value is -1.63. The van der Waals surface area contributed by atoms with Gasteiger partial charge in [-0.3, -0.25) is 14.5 Å². The Bertz CT molecular complexity index is 720. The maximum absolute atomic E-state index is 13.5. The third-order valence-corrected chi connectivity index (χ3v) is 6.69. The fourth-order valence-corrected chi connectivity index (χ4v) is 4.69. The van der Waals surface area contributed by atoms with Gasteiger partial charge in [0.2, 0.25) is 5.91 Å². The lowest BCUT2D eigenvalue weighted by molar-refractivity contribution is -0.152. The molecule has 6 nitrogen and oxygen atoms in total. The maximum Gasteiger partial charge on any atom is 0.326 e. The van der Waals surface area contributed by atoms with Crippen LogP contribution in [0.25, 0.3) is 0 Å². The summed E-state index contributed by atoms with van der Waals surface area (Å²) in [6.07, 6.45) is 2.09. The van der Waals surface area contributed by atoms with E-state index >= 15 is 0 Å². The van der Waals surface area contributed by atoms with Crippen molar-refractivity contribution in [3.8, 4) is 0 Å². The summed E-state index contributed by atoms with van der Waals surface area (Å²) in [4.78, 5) is 29.9. The van der Waals surface area contributed by atoms with E-state index in [1.807, 2.05) is 55.1 Å². The fraction of sp³-hybridized carbons (Fsp3) is 0.619. The number of hydrogen-bond donors (Lipinski definition) is 0. The van der Waals surface area contributed by atoms with Crippen molar-refractivity contribution in [2.24, 2.45) is 5.92 Å². The average Bonchev–Trinajstić information content (AvgIpc) is 2.99. The molecule has 0 saturated carbocycles. The van der Waals surface area contributed by atoms with Crippen LogP contribution in [0, 0.1) is 5.92 Å². The average molecular weight is 409 g/mol. The number of likely N-dealkylation sites (tertiary alicyclic amines) is 1. The van der Waals surface area contributed by atoms with E-state index in [2.05, 4.69) is 0 Å². The van der Waals surface area contributed by atoms with Crippen LogP contribution in [-0.2, 0) is 19.1 Å². The van der Waals surface area contributed by atoms with Crippen molar-refractivity contribution in [2.75, 3.05) is 34.4 Å². The van der Waals surface area contributed by atoms with Crippen LogP contribution >= 0.6 is 11.6 Å². The van der Waals surface area contributed by atoms with Gasteiger partial charge < -0.3 is 14.4 Å². The lowest BCUT2D eigenvalue weighted by Crippen LogP contribution is -2.47. The fourth-order valence-electron chi connectivity index (χ4n) is 4.56. The molecule has 1 aromatic carbocycles. The van der Waals surface area contributed by atoms with Gasteiger partial charge in [0.1, 0.15) is 5.54 Å². The number of amides is 1. The van der Waals surface area contributed by atoms with Crippen molar-refractivity contribution < 1.29 is 19.1 Å². The second-order valence-corrected chi connectivity index (χ2v) is 8.41. The predicted molar refractivity (Wildman–Crippen MR) is 107 cm³/mol. The van der Waals surface area contributed by atoms with E-state index < -0.39 is 5.54 Å². The molecule has 0 unspecified atom stereocenters. The molecule has 3 rings (SSSR count). The zero-order valence-corrected chi connectivity index (χ0v) is 17.7. The van der Waals surface area contributed by atoms with Crippen LogP contribution in [0.5, 0.6) is 0 Å². The van der Waals surface area contributed by atoms with Gasteiger partial charge in [-0.25, -0.2) is 0 Å². The van der Waals surface area contributed by atoms with Gasteiger partial charge in [0.25, 0.3) is 0 Å². The molecule has 0 N–H and O–H groups in total. The third kappa shape index (κ3) is 3.78. The molecule has 1 amide bonds. The summed E-state index contributed by atoms with van der Waals surface area (Å²) in [5, 5.41) is 0.641. The first-order chi connectivity index (χ1) is 13.3. The summed E-state index contributed by atoms with van der Waals surface area (Å²) in [6.45, 7) is 3.20. The van der Waals surface area contributed by atoms with Crippen LogP contribution in [0.1, 0.15) is 37.8 Å². The zero-order chi connectivity index (χ0) is 20.5. The van der Waals surface area contributed by atoms with Crippen molar-refractivity contribution in [3.05, 3.63) is 34.9 Å². The highest BCUT2D eigenvalue weighted by atomic mass is 35.5. The van der Waals surface area contributed by atoms with E-state index in [1.54, 1.807) is 0 Å². The van der Waals surface area contributed by atoms with Crippen LogP contribution in [0.2, 0.25) is 5.02 Å². The van der Waals surface area contributed by atoms with Crippen LogP contribution < -0.4 is 0 Å². The highest BCUT2D eigenvalue weighted by Gasteiger charge is 2.55. The van der Waals surface area contributed by atoms with Crippen molar-refractivity contribution in [1.82, 2.24) is 9.80 Å². The number of nitrogens with zero attached hydrogens (tertiary/aromatic N) is 2. The lowest BCUT2D eigenvalue weighted by Gasteiger charge is -2.35.